The zero-order valence-electron chi connectivity index (χ0n) is 13.0. The number of hydrogen-bond donors (Lipinski definition) is 1. The topological polar surface area (TPSA) is 87.8 Å². The number of imide groups is 1. The summed E-state index contributed by atoms with van der Waals surface area (Å²) in [4.78, 5) is 36.2. The molecule has 1 aliphatic rings. The first-order valence-corrected chi connectivity index (χ1v) is 8.11. The summed E-state index contributed by atoms with van der Waals surface area (Å²) in [7, 11) is 0. The lowest BCUT2D eigenvalue weighted by Gasteiger charge is -2.07. The van der Waals surface area contributed by atoms with E-state index >= 15 is 0 Å². The fourth-order valence-corrected chi connectivity index (χ4v) is 3.11. The number of hydrogen-bond acceptors (Lipinski definition) is 5. The Kier molecular flexibility index (Phi) is 4.58. The predicted octanol–water partition coefficient (Wildman–Crippen LogP) is 3.87. The molecule has 1 saturated heterocycles. The number of furan rings is 1. The lowest BCUT2D eigenvalue weighted by Crippen LogP contribution is -2.27. The van der Waals surface area contributed by atoms with E-state index in [1.807, 2.05) is 0 Å². The third kappa shape index (κ3) is 3.41. The number of carboxylic acid groups (broad SMARTS) is 1. The number of aromatic carboxylic acids is 1. The number of benzene rings is 1. The molecule has 7 heteroatoms. The second kappa shape index (κ2) is 6.82. The summed E-state index contributed by atoms with van der Waals surface area (Å²) in [5, 5.41) is 8.57. The van der Waals surface area contributed by atoms with E-state index in [0.717, 1.165) is 16.7 Å². The molecule has 2 heterocycles. The first-order valence-electron chi connectivity index (χ1n) is 7.29. The Hall–Kier alpha value is -3.06. The molecule has 126 valence electrons. The van der Waals surface area contributed by atoms with E-state index in [-0.39, 0.29) is 28.2 Å². The van der Waals surface area contributed by atoms with Crippen molar-refractivity contribution in [2.45, 2.75) is 0 Å². The van der Waals surface area contributed by atoms with Crippen LogP contribution in [0.15, 0.2) is 58.4 Å². The van der Waals surface area contributed by atoms with Gasteiger partial charge in [0, 0.05) is 18.2 Å². The monoisotopic (exact) mass is 355 g/mol. The Labute approximate surface area is 147 Å². The molecular weight excluding hydrogens is 342 g/mol. The highest BCUT2D eigenvalue weighted by Crippen LogP contribution is 2.33. The first kappa shape index (κ1) is 16.8. The highest BCUT2D eigenvalue weighted by atomic mass is 32.2. The van der Waals surface area contributed by atoms with Gasteiger partial charge in [-0.05, 0) is 36.0 Å². The van der Waals surface area contributed by atoms with Crippen LogP contribution in [-0.2, 0) is 4.79 Å². The molecule has 1 aromatic heterocycles. The van der Waals surface area contributed by atoms with Crippen molar-refractivity contribution in [3.8, 4) is 11.3 Å². The number of nitrogens with zero attached hydrogens (tertiary/aromatic N) is 1. The average Bonchev–Trinajstić information content (AvgIpc) is 3.16. The van der Waals surface area contributed by atoms with Gasteiger partial charge in [-0.15, -0.1) is 6.58 Å². The number of carbonyl (C=O) groups is 3. The Bertz CT molecular complexity index is 894. The van der Waals surface area contributed by atoms with Crippen LogP contribution in [0.4, 0.5) is 4.79 Å². The molecule has 1 fully saturated rings. The van der Waals surface area contributed by atoms with Crippen LogP contribution in [0.3, 0.4) is 0 Å². The van der Waals surface area contributed by atoms with Crippen molar-refractivity contribution in [2.75, 3.05) is 6.54 Å². The molecule has 1 N–H and O–H groups in total. The molecule has 2 amide bonds. The molecule has 3 rings (SSSR count). The van der Waals surface area contributed by atoms with Crippen molar-refractivity contribution in [1.29, 1.82) is 0 Å². The fourth-order valence-electron chi connectivity index (χ4n) is 2.28. The Morgan fingerprint density at radius 1 is 1.20 bits per heavy atom. The molecule has 0 saturated carbocycles. The number of carbonyl (C=O) groups excluding carboxylic acids is 2. The highest BCUT2D eigenvalue weighted by molar-refractivity contribution is 8.18. The molecule has 1 aliphatic heterocycles. The minimum atomic E-state index is -0.998. The number of amides is 2. The summed E-state index contributed by atoms with van der Waals surface area (Å²) in [6.07, 6.45) is 3.01. The van der Waals surface area contributed by atoms with Gasteiger partial charge < -0.3 is 9.52 Å². The maximum Gasteiger partial charge on any atom is 0.335 e. The lowest BCUT2D eigenvalue weighted by molar-refractivity contribution is -0.122. The van der Waals surface area contributed by atoms with Crippen LogP contribution in [0.5, 0.6) is 0 Å². The minimum Gasteiger partial charge on any atom is -0.478 e. The van der Waals surface area contributed by atoms with Gasteiger partial charge in [0.1, 0.15) is 11.5 Å². The normalized spacial score (nSPS) is 15.8. The molecule has 0 spiro atoms. The standard InChI is InChI=1S/C18H13NO5S/c1-2-9-19-16(20)15(25-18(19)23)10-13-7-8-14(24-13)11-3-5-12(6-4-11)17(21)22/h2-8,10H,1,9H2,(H,21,22)/b15-10+. The first-order chi connectivity index (χ1) is 12.0. The maximum atomic E-state index is 12.2. The number of thioether (sulfide) groups is 1. The van der Waals surface area contributed by atoms with Gasteiger partial charge in [-0.2, -0.15) is 0 Å². The van der Waals surface area contributed by atoms with Gasteiger partial charge >= 0.3 is 5.97 Å². The second-order valence-corrected chi connectivity index (χ2v) is 6.16. The van der Waals surface area contributed by atoms with Crippen molar-refractivity contribution in [3.05, 3.63) is 65.3 Å². The number of carboxylic acids is 1. The minimum absolute atomic E-state index is 0.168. The van der Waals surface area contributed by atoms with E-state index in [4.69, 9.17) is 9.52 Å². The number of rotatable bonds is 5. The Morgan fingerprint density at radius 2 is 1.92 bits per heavy atom. The van der Waals surface area contributed by atoms with Crippen molar-refractivity contribution < 1.29 is 23.9 Å². The van der Waals surface area contributed by atoms with Gasteiger partial charge in [0.05, 0.1) is 10.5 Å². The second-order valence-electron chi connectivity index (χ2n) is 5.17. The third-order valence-electron chi connectivity index (χ3n) is 3.50. The van der Waals surface area contributed by atoms with Crippen LogP contribution in [0.2, 0.25) is 0 Å². The van der Waals surface area contributed by atoms with Gasteiger partial charge in [0.25, 0.3) is 11.1 Å². The third-order valence-corrected chi connectivity index (χ3v) is 4.41. The zero-order chi connectivity index (χ0) is 18.0. The summed E-state index contributed by atoms with van der Waals surface area (Å²) >= 11 is 0.852. The van der Waals surface area contributed by atoms with Crippen molar-refractivity contribution >= 4 is 35.0 Å². The SMILES string of the molecule is C=CCN1C(=O)S/C(=C/c2ccc(-c3ccc(C(=O)O)cc3)o2)C1=O. The zero-order valence-corrected chi connectivity index (χ0v) is 13.8. The highest BCUT2D eigenvalue weighted by Gasteiger charge is 2.34. The van der Waals surface area contributed by atoms with Crippen LogP contribution in [-0.4, -0.2) is 33.7 Å². The van der Waals surface area contributed by atoms with E-state index in [1.165, 1.54) is 24.3 Å². The van der Waals surface area contributed by atoms with E-state index in [0.29, 0.717) is 17.1 Å². The molecule has 6 nitrogen and oxygen atoms in total. The summed E-state index contributed by atoms with van der Waals surface area (Å²) in [6, 6.07) is 9.66. The van der Waals surface area contributed by atoms with Crippen LogP contribution >= 0.6 is 11.8 Å². The Balaban J connectivity index is 1.82. The van der Waals surface area contributed by atoms with Crippen molar-refractivity contribution in [3.63, 3.8) is 0 Å². The summed E-state index contributed by atoms with van der Waals surface area (Å²) in [6.45, 7) is 3.69. The molecule has 0 unspecified atom stereocenters. The largest absolute Gasteiger partial charge is 0.478 e. The van der Waals surface area contributed by atoms with Gasteiger partial charge in [-0.1, -0.05) is 18.2 Å². The molecule has 0 radical (unpaired) electrons. The quantitative estimate of drug-likeness (QED) is 0.647. The molecule has 1 aromatic carbocycles. The van der Waals surface area contributed by atoms with E-state index in [9.17, 15) is 14.4 Å². The molecule has 0 atom stereocenters. The van der Waals surface area contributed by atoms with Crippen LogP contribution in [0, 0.1) is 0 Å². The summed E-state index contributed by atoms with van der Waals surface area (Å²) < 4.78 is 5.67. The van der Waals surface area contributed by atoms with E-state index < -0.39 is 5.97 Å². The van der Waals surface area contributed by atoms with Gasteiger partial charge in [-0.25, -0.2) is 4.79 Å². The van der Waals surface area contributed by atoms with Crippen LogP contribution in [0.25, 0.3) is 17.4 Å². The maximum absolute atomic E-state index is 12.2. The van der Waals surface area contributed by atoms with Gasteiger partial charge in [0.15, 0.2) is 0 Å². The van der Waals surface area contributed by atoms with Crippen LogP contribution in [0.1, 0.15) is 16.1 Å². The average molecular weight is 355 g/mol. The van der Waals surface area contributed by atoms with Gasteiger partial charge in [-0.3, -0.25) is 14.5 Å². The predicted molar refractivity (Wildman–Crippen MR) is 94.0 cm³/mol. The smallest absolute Gasteiger partial charge is 0.335 e. The summed E-state index contributed by atoms with van der Waals surface area (Å²) in [5.74, 6) is -0.407. The van der Waals surface area contributed by atoms with Crippen molar-refractivity contribution in [2.24, 2.45) is 0 Å². The van der Waals surface area contributed by atoms with E-state index in [2.05, 4.69) is 6.58 Å². The molecular formula is C18H13NO5S. The molecule has 25 heavy (non-hydrogen) atoms. The Morgan fingerprint density at radius 3 is 2.56 bits per heavy atom. The molecule has 0 bridgehead atoms. The van der Waals surface area contributed by atoms with Crippen LogP contribution < -0.4 is 0 Å². The van der Waals surface area contributed by atoms with E-state index in [1.54, 1.807) is 24.3 Å². The van der Waals surface area contributed by atoms with Crippen molar-refractivity contribution in [1.82, 2.24) is 4.90 Å². The lowest BCUT2D eigenvalue weighted by atomic mass is 10.1. The molecule has 2 aromatic rings. The summed E-state index contributed by atoms with van der Waals surface area (Å²) in [5.41, 5.74) is 0.899. The molecule has 0 aliphatic carbocycles. The fraction of sp³-hybridized carbons (Fsp3) is 0.0556. The van der Waals surface area contributed by atoms with Gasteiger partial charge in [0.2, 0.25) is 0 Å².